The smallest absolute Gasteiger partial charge is 0.0111 e. The van der Waals surface area contributed by atoms with Crippen LogP contribution in [0.1, 0.15) is 358 Å². The maximum Gasteiger partial charge on any atom is -0.0111 e. The Bertz CT molecular complexity index is 1850. The van der Waals surface area contributed by atoms with Crippen LogP contribution in [-0.2, 0) is 77.0 Å². The van der Waals surface area contributed by atoms with Crippen LogP contribution >= 0.6 is 0 Å². The third kappa shape index (κ3) is 26.6. The first kappa shape index (κ1) is 90.6. The molecular weight excluding hydrogens is 961 g/mol. The van der Waals surface area contributed by atoms with E-state index in [-0.39, 0.29) is 44.6 Å². The van der Waals surface area contributed by atoms with Crippen LogP contribution in [-0.4, -0.2) is 0 Å². The lowest BCUT2D eigenvalue weighted by atomic mass is 9.76. The van der Waals surface area contributed by atoms with Crippen molar-refractivity contribution in [3.63, 3.8) is 0 Å². The Morgan fingerprint density at radius 3 is 0.800 bits per heavy atom. The van der Waals surface area contributed by atoms with Gasteiger partial charge in [0, 0.05) is 0 Å². The quantitative estimate of drug-likeness (QED) is 0.131. The molecule has 0 heteroatoms. The van der Waals surface area contributed by atoms with Crippen molar-refractivity contribution in [1.82, 2.24) is 0 Å². The van der Waals surface area contributed by atoms with E-state index in [2.05, 4.69) is 69.3 Å². The molecule has 9 rings (SSSR count). The number of fused-ring (bicyclic) bond motifs is 9. The maximum atomic E-state index is 2.53. The highest BCUT2D eigenvalue weighted by molar-refractivity contribution is 5.81. The Morgan fingerprint density at radius 2 is 0.525 bits per heavy atom. The predicted octanol–water partition coefficient (Wildman–Crippen LogP) is 28.0. The van der Waals surface area contributed by atoms with Gasteiger partial charge in [0.25, 0.3) is 0 Å². The minimum atomic E-state index is 0. The van der Waals surface area contributed by atoms with Crippen molar-refractivity contribution >= 4 is 0 Å². The van der Waals surface area contributed by atoms with E-state index in [0.29, 0.717) is 0 Å². The number of rotatable bonds is 11. The number of hydrogen-bond acceptors (Lipinski definition) is 0. The molecule has 0 atom stereocenters. The van der Waals surface area contributed by atoms with E-state index >= 15 is 0 Å². The van der Waals surface area contributed by atoms with E-state index in [9.17, 15) is 0 Å². The summed E-state index contributed by atoms with van der Waals surface area (Å²) in [4.78, 5) is 0. The molecule has 0 spiro atoms. The summed E-state index contributed by atoms with van der Waals surface area (Å²) in [6, 6.07) is 20.1. The van der Waals surface area contributed by atoms with Gasteiger partial charge < -0.3 is 0 Å². The van der Waals surface area contributed by atoms with E-state index in [4.69, 9.17) is 0 Å². The van der Waals surface area contributed by atoms with E-state index in [0.717, 1.165) is 5.92 Å². The second-order valence-corrected chi connectivity index (χ2v) is 19.4. The first-order valence-corrected chi connectivity index (χ1v) is 33.2. The Morgan fingerprint density at radius 1 is 0.275 bits per heavy atom. The third-order valence-electron chi connectivity index (χ3n) is 15.4. The van der Waals surface area contributed by atoms with Crippen LogP contribution in [0.25, 0.3) is 22.3 Å². The zero-order valence-corrected chi connectivity index (χ0v) is 53.4. The first-order valence-electron chi connectivity index (χ1n) is 33.2. The highest BCUT2D eigenvalue weighted by atomic mass is 14.3. The molecule has 0 fully saturated rings. The molecule has 0 nitrogen and oxygen atoms in total. The summed E-state index contributed by atoms with van der Waals surface area (Å²) in [6.07, 6.45) is 40.0. The van der Waals surface area contributed by atoms with E-state index in [1.165, 1.54) is 193 Å². The van der Waals surface area contributed by atoms with Crippen LogP contribution in [0, 0.1) is 5.92 Å². The fourth-order valence-electron chi connectivity index (χ4n) is 12.3. The van der Waals surface area contributed by atoms with Gasteiger partial charge in [-0.05, 0) is 249 Å². The fourth-order valence-corrected chi connectivity index (χ4v) is 12.3. The molecule has 0 saturated carbocycles. The molecule has 4 aromatic carbocycles. The largest absolute Gasteiger partial charge is 0.0776 e. The van der Waals surface area contributed by atoms with E-state index in [1.807, 2.05) is 111 Å². The van der Waals surface area contributed by atoms with Gasteiger partial charge in [-0.15, -0.1) is 0 Å². The van der Waals surface area contributed by atoms with Crippen molar-refractivity contribution in [3.8, 4) is 22.3 Å². The predicted molar refractivity (Wildman–Crippen MR) is 383 cm³/mol. The normalized spacial score (nSPS) is 13.3. The van der Waals surface area contributed by atoms with Crippen molar-refractivity contribution in [2.45, 2.75) is 369 Å². The SMILES string of the molecule is C.C.C.C.C.C.CC.CC.CC.CC.CC.CC.CC.CC.CCCC1CCc2ccc3c(c2-c2c(ccc4c2CCCC4)CC1)CCCC3.CCCCCc1ccc2c(c1-c1c(CCCCC)ccc3c1CCCC3)CCCC2. The first-order chi connectivity index (χ1) is 36.7. The van der Waals surface area contributed by atoms with Gasteiger partial charge in [-0.25, -0.2) is 0 Å². The topological polar surface area (TPSA) is 0 Å². The van der Waals surface area contributed by atoms with Gasteiger partial charge >= 0.3 is 0 Å². The van der Waals surface area contributed by atoms with Gasteiger partial charge in [-0.3, -0.25) is 0 Å². The zero-order chi connectivity index (χ0) is 55.7. The molecule has 0 N–H and O–H groups in total. The standard InChI is InChI=1S/C30H42.C28H36.8C2H6.6CH4/c1-3-5-7-15-25-21-19-23-13-9-11-17-27(23)29(25)30-26(16-8-6-4-2)22-20-24-14-10-12-18-28(24)30;1-2-7-20-12-14-23-18-16-21-8-3-5-10-25(21)27(23)28-24(15-13-20)19-17-22-9-4-6-11-26(22)28;8*1-2;;;;;;/h19-22H,3-18H2,1-2H3;16-20H,2-15H2,1H3;8*1-2H3;6*1H4. The average molecular weight is 1110 g/mol. The molecule has 0 amide bonds. The summed E-state index contributed by atoms with van der Waals surface area (Å²) >= 11 is 0. The average Bonchev–Trinajstić information content (AvgIpc) is 3.57. The number of hydrogen-bond donors (Lipinski definition) is 0. The summed E-state index contributed by atoms with van der Waals surface area (Å²) in [5.74, 6) is 0.899. The third-order valence-corrected chi connectivity index (χ3v) is 15.4. The van der Waals surface area contributed by atoms with Crippen LogP contribution in [0.5, 0.6) is 0 Å². The maximum absolute atomic E-state index is 2.53. The molecule has 0 aliphatic heterocycles. The van der Waals surface area contributed by atoms with Gasteiger partial charge in [0.15, 0.2) is 0 Å². The molecule has 0 heterocycles. The van der Waals surface area contributed by atoms with E-state index < -0.39 is 0 Å². The Hall–Kier alpha value is -3.12. The summed E-state index contributed by atoms with van der Waals surface area (Å²) in [5.41, 5.74) is 27.0. The molecule has 80 heavy (non-hydrogen) atoms. The van der Waals surface area contributed by atoms with Crippen LogP contribution < -0.4 is 0 Å². The van der Waals surface area contributed by atoms with E-state index in [1.54, 1.807) is 89.0 Å². The Kier molecular flexibility index (Phi) is 65.4. The van der Waals surface area contributed by atoms with Crippen LogP contribution in [0.2, 0.25) is 0 Å². The van der Waals surface area contributed by atoms with Gasteiger partial charge in [-0.1, -0.05) is 263 Å². The van der Waals surface area contributed by atoms with Gasteiger partial charge in [-0.2, -0.15) is 0 Å². The zero-order valence-electron chi connectivity index (χ0n) is 53.4. The molecule has 0 bridgehead atoms. The lowest BCUT2D eigenvalue weighted by Gasteiger charge is -2.28. The van der Waals surface area contributed by atoms with Crippen molar-refractivity contribution in [1.29, 1.82) is 0 Å². The second kappa shape index (κ2) is 57.7. The highest BCUT2D eigenvalue weighted by Gasteiger charge is 2.28. The second-order valence-electron chi connectivity index (χ2n) is 19.4. The molecule has 4 aromatic rings. The fraction of sp³-hybridized carbons (Fsp3) is 0.700. The highest BCUT2D eigenvalue weighted by Crippen LogP contribution is 2.45. The van der Waals surface area contributed by atoms with Crippen molar-refractivity contribution < 1.29 is 0 Å². The van der Waals surface area contributed by atoms with Crippen molar-refractivity contribution in [2.24, 2.45) is 5.92 Å². The summed E-state index contributed by atoms with van der Waals surface area (Å²) in [7, 11) is 0. The molecule has 0 saturated heterocycles. The Balaban J connectivity index is -0.000000201. The molecule has 0 radical (unpaired) electrons. The lowest BCUT2D eigenvalue weighted by molar-refractivity contribution is 0.417. The van der Waals surface area contributed by atoms with Crippen molar-refractivity contribution in [2.75, 3.05) is 0 Å². The van der Waals surface area contributed by atoms with Crippen LogP contribution in [0.15, 0.2) is 48.5 Å². The van der Waals surface area contributed by atoms with Crippen molar-refractivity contribution in [3.05, 3.63) is 115 Å². The summed E-state index contributed by atoms with van der Waals surface area (Å²) < 4.78 is 0. The van der Waals surface area contributed by atoms with Crippen LogP contribution in [0.3, 0.4) is 0 Å². The number of aryl methyl sites for hydroxylation is 8. The minimum Gasteiger partial charge on any atom is -0.0776 e. The van der Waals surface area contributed by atoms with Gasteiger partial charge in [0.1, 0.15) is 0 Å². The van der Waals surface area contributed by atoms with Gasteiger partial charge in [0.2, 0.25) is 0 Å². The van der Waals surface area contributed by atoms with Crippen LogP contribution in [0.4, 0.5) is 0 Å². The number of benzene rings is 4. The molecule has 0 unspecified atom stereocenters. The molecule has 470 valence electrons. The monoisotopic (exact) mass is 1110 g/mol. The number of unbranched alkanes of at least 4 members (excludes halogenated alkanes) is 4. The summed E-state index contributed by atoms with van der Waals surface area (Å²) in [5, 5.41) is 0. The lowest BCUT2D eigenvalue weighted by Crippen LogP contribution is -2.12. The molecule has 0 aromatic heterocycles. The summed E-state index contributed by atoms with van der Waals surface area (Å²) in [6.45, 7) is 39.0. The van der Waals surface area contributed by atoms with Gasteiger partial charge in [0.05, 0.1) is 0 Å². The minimum absolute atomic E-state index is 0. The molecule has 5 aliphatic rings. The Labute approximate surface area is 509 Å². The molecule has 5 aliphatic carbocycles. The molecular formula is C80H150.